The Labute approximate surface area is 94.6 Å². The van der Waals surface area contributed by atoms with Gasteiger partial charge in [0.1, 0.15) is 6.61 Å². The molecule has 0 radical (unpaired) electrons. The molecule has 0 aliphatic heterocycles. The van der Waals surface area contributed by atoms with Crippen LogP contribution in [0, 0.1) is 0 Å². The third-order valence-electron chi connectivity index (χ3n) is 1.99. The number of nitrogens with one attached hydrogen (secondary N) is 1. The lowest BCUT2D eigenvalue weighted by atomic mass is 10.1. The Bertz CT molecular complexity index is 388. The third kappa shape index (κ3) is 3.82. The van der Waals surface area contributed by atoms with Crippen molar-refractivity contribution in [3.8, 4) is 0 Å². The number of carbonyl (C=O) groups excluding carboxylic acids is 2. The van der Waals surface area contributed by atoms with Crippen molar-refractivity contribution in [3.63, 3.8) is 0 Å². The molecule has 0 atom stereocenters. The quantitative estimate of drug-likeness (QED) is 0.772. The van der Waals surface area contributed by atoms with Crippen molar-refractivity contribution in [3.05, 3.63) is 29.8 Å². The summed E-state index contributed by atoms with van der Waals surface area (Å²) in [6.45, 7) is 3.84. The number of carbonyl (C=O) groups is 2. The van der Waals surface area contributed by atoms with Gasteiger partial charge in [-0.2, -0.15) is 0 Å². The van der Waals surface area contributed by atoms with Crippen LogP contribution < -0.4 is 5.32 Å². The van der Waals surface area contributed by atoms with Crippen LogP contribution in [-0.2, 0) is 9.53 Å². The molecule has 0 fully saturated rings. The molecular weight excluding hydrogens is 206 g/mol. The van der Waals surface area contributed by atoms with Crippen LogP contribution in [0.2, 0.25) is 0 Å². The van der Waals surface area contributed by atoms with E-state index in [0.29, 0.717) is 17.9 Å². The fourth-order valence-electron chi connectivity index (χ4n) is 1.21. The van der Waals surface area contributed by atoms with Gasteiger partial charge in [-0.3, -0.25) is 9.59 Å². The van der Waals surface area contributed by atoms with Gasteiger partial charge in [0.15, 0.2) is 5.78 Å². The number of benzene rings is 1. The van der Waals surface area contributed by atoms with E-state index in [1.807, 2.05) is 6.92 Å². The molecule has 4 heteroatoms. The van der Waals surface area contributed by atoms with Crippen LogP contribution >= 0.6 is 0 Å². The van der Waals surface area contributed by atoms with Crippen molar-refractivity contribution in [1.29, 1.82) is 0 Å². The Morgan fingerprint density at radius 3 is 2.75 bits per heavy atom. The molecule has 1 N–H and O–H groups in total. The second kappa shape index (κ2) is 6.02. The first-order chi connectivity index (χ1) is 7.63. The number of hydrogen-bond donors (Lipinski definition) is 1. The van der Waals surface area contributed by atoms with E-state index in [4.69, 9.17) is 4.74 Å². The Morgan fingerprint density at radius 1 is 1.38 bits per heavy atom. The van der Waals surface area contributed by atoms with E-state index in [2.05, 4.69) is 5.32 Å². The molecule has 0 bridgehead atoms. The van der Waals surface area contributed by atoms with Gasteiger partial charge >= 0.3 is 0 Å². The van der Waals surface area contributed by atoms with Gasteiger partial charge in [-0.05, 0) is 26.0 Å². The Kier molecular flexibility index (Phi) is 4.66. The third-order valence-corrected chi connectivity index (χ3v) is 1.99. The van der Waals surface area contributed by atoms with Crippen LogP contribution in [0.15, 0.2) is 24.3 Å². The number of anilines is 1. The molecule has 1 aromatic carbocycles. The van der Waals surface area contributed by atoms with E-state index >= 15 is 0 Å². The molecule has 0 aliphatic carbocycles. The average molecular weight is 221 g/mol. The number of hydrogen-bond acceptors (Lipinski definition) is 3. The zero-order valence-corrected chi connectivity index (χ0v) is 9.45. The average Bonchev–Trinajstić information content (AvgIpc) is 2.26. The Morgan fingerprint density at radius 2 is 2.12 bits per heavy atom. The van der Waals surface area contributed by atoms with Crippen LogP contribution in [0.5, 0.6) is 0 Å². The van der Waals surface area contributed by atoms with Gasteiger partial charge in [-0.1, -0.05) is 12.1 Å². The first kappa shape index (κ1) is 12.4. The standard InChI is InChI=1S/C12H15NO3/c1-3-16-8-12(15)13-11-6-4-5-10(7-11)9(2)14/h4-7H,3,8H2,1-2H3,(H,13,15). The SMILES string of the molecule is CCOCC(=O)Nc1cccc(C(C)=O)c1. The summed E-state index contributed by atoms with van der Waals surface area (Å²) in [7, 11) is 0. The molecule has 0 saturated carbocycles. The number of amides is 1. The fraction of sp³-hybridized carbons (Fsp3) is 0.333. The van der Waals surface area contributed by atoms with E-state index in [-0.39, 0.29) is 18.3 Å². The van der Waals surface area contributed by atoms with Crippen LogP contribution in [-0.4, -0.2) is 24.9 Å². The highest BCUT2D eigenvalue weighted by atomic mass is 16.5. The predicted octanol–water partition coefficient (Wildman–Crippen LogP) is 1.86. The molecule has 0 aliphatic rings. The minimum atomic E-state index is -0.220. The van der Waals surface area contributed by atoms with Crippen molar-refractivity contribution in [2.45, 2.75) is 13.8 Å². The molecule has 0 spiro atoms. The van der Waals surface area contributed by atoms with Gasteiger partial charge in [0.05, 0.1) is 0 Å². The molecule has 0 aromatic heterocycles. The fourth-order valence-corrected chi connectivity index (χ4v) is 1.21. The van der Waals surface area contributed by atoms with E-state index in [1.165, 1.54) is 6.92 Å². The van der Waals surface area contributed by atoms with Crippen molar-refractivity contribution >= 4 is 17.4 Å². The first-order valence-electron chi connectivity index (χ1n) is 5.12. The van der Waals surface area contributed by atoms with E-state index in [0.717, 1.165) is 0 Å². The van der Waals surface area contributed by atoms with Crippen molar-refractivity contribution in [2.75, 3.05) is 18.5 Å². The molecule has 0 saturated heterocycles. The molecule has 1 rings (SSSR count). The summed E-state index contributed by atoms with van der Waals surface area (Å²) in [5.74, 6) is -0.247. The smallest absolute Gasteiger partial charge is 0.250 e. The normalized spacial score (nSPS) is 9.88. The number of ether oxygens (including phenoxy) is 1. The van der Waals surface area contributed by atoms with Crippen LogP contribution in [0.4, 0.5) is 5.69 Å². The molecule has 16 heavy (non-hydrogen) atoms. The first-order valence-corrected chi connectivity index (χ1v) is 5.12. The molecule has 86 valence electrons. The summed E-state index contributed by atoms with van der Waals surface area (Å²) in [6.07, 6.45) is 0. The molecule has 0 unspecified atom stereocenters. The molecule has 0 heterocycles. The summed E-state index contributed by atoms with van der Waals surface area (Å²) >= 11 is 0. The zero-order chi connectivity index (χ0) is 12.0. The van der Waals surface area contributed by atoms with E-state index in [1.54, 1.807) is 24.3 Å². The summed E-state index contributed by atoms with van der Waals surface area (Å²) in [5, 5.41) is 2.66. The van der Waals surface area contributed by atoms with Gasteiger partial charge in [-0.15, -0.1) is 0 Å². The second-order valence-electron chi connectivity index (χ2n) is 3.32. The molecule has 1 amide bonds. The molecular formula is C12H15NO3. The maximum absolute atomic E-state index is 11.3. The van der Waals surface area contributed by atoms with Gasteiger partial charge in [0.2, 0.25) is 5.91 Å². The highest BCUT2D eigenvalue weighted by Gasteiger charge is 2.04. The lowest BCUT2D eigenvalue weighted by Gasteiger charge is -2.06. The molecule has 4 nitrogen and oxygen atoms in total. The van der Waals surface area contributed by atoms with Gasteiger partial charge < -0.3 is 10.1 Å². The van der Waals surface area contributed by atoms with Gasteiger partial charge in [0.25, 0.3) is 0 Å². The maximum Gasteiger partial charge on any atom is 0.250 e. The number of ketones is 1. The highest BCUT2D eigenvalue weighted by molar-refractivity contribution is 5.97. The summed E-state index contributed by atoms with van der Waals surface area (Å²) in [4.78, 5) is 22.4. The van der Waals surface area contributed by atoms with Crippen LogP contribution in [0.25, 0.3) is 0 Å². The Balaban J connectivity index is 2.63. The Hall–Kier alpha value is -1.68. The number of rotatable bonds is 5. The van der Waals surface area contributed by atoms with Crippen LogP contribution in [0.1, 0.15) is 24.2 Å². The van der Waals surface area contributed by atoms with Crippen molar-refractivity contribution in [1.82, 2.24) is 0 Å². The topological polar surface area (TPSA) is 55.4 Å². The second-order valence-corrected chi connectivity index (χ2v) is 3.32. The predicted molar refractivity (Wildman–Crippen MR) is 61.6 cm³/mol. The monoisotopic (exact) mass is 221 g/mol. The maximum atomic E-state index is 11.3. The lowest BCUT2D eigenvalue weighted by molar-refractivity contribution is -0.120. The summed E-state index contributed by atoms with van der Waals surface area (Å²) < 4.78 is 4.97. The lowest BCUT2D eigenvalue weighted by Crippen LogP contribution is -2.18. The molecule has 1 aromatic rings. The van der Waals surface area contributed by atoms with Gasteiger partial charge in [0, 0.05) is 17.9 Å². The number of Topliss-reactive ketones (excluding diaryl/α,β-unsaturated/α-hetero) is 1. The summed E-state index contributed by atoms with van der Waals surface area (Å²) in [6, 6.07) is 6.82. The minimum Gasteiger partial charge on any atom is -0.372 e. The van der Waals surface area contributed by atoms with Gasteiger partial charge in [-0.25, -0.2) is 0 Å². The highest BCUT2D eigenvalue weighted by Crippen LogP contribution is 2.10. The van der Waals surface area contributed by atoms with E-state index in [9.17, 15) is 9.59 Å². The van der Waals surface area contributed by atoms with Crippen molar-refractivity contribution in [2.24, 2.45) is 0 Å². The minimum absolute atomic E-state index is 0.0269. The summed E-state index contributed by atoms with van der Waals surface area (Å²) in [5.41, 5.74) is 1.19. The van der Waals surface area contributed by atoms with E-state index < -0.39 is 0 Å². The zero-order valence-electron chi connectivity index (χ0n) is 9.45. The van der Waals surface area contributed by atoms with Crippen molar-refractivity contribution < 1.29 is 14.3 Å². The largest absolute Gasteiger partial charge is 0.372 e. The van der Waals surface area contributed by atoms with Crippen LogP contribution in [0.3, 0.4) is 0 Å².